The summed E-state index contributed by atoms with van der Waals surface area (Å²) in [5.74, 6) is 0.879. The largest absolute Gasteiger partial charge is 0.361 e. The molecule has 0 fully saturated rings. The topological polar surface area (TPSA) is 57.0 Å². The highest BCUT2D eigenvalue weighted by Gasteiger charge is 2.12. The lowest BCUT2D eigenvalue weighted by Crippen LogP contribution is -2.00. The van der Waals surface area contributed by atoms with Crippen LogP contribution >= 0.6 is 0 Å². The molecule has 0 aliphatic heterocycles. The maximum atomic E-state index is 5.82. The third-order valence-corrected chi connectivity index (χ3v) is 3.60. The van der Waals surface area contributed by atoms with Gasteiger partial charge in [-0.05, 0) is 25.5 Å². The van der Waals surface area contributed by atoms with Crippen LogP contribution in [0.3, 0.4) is 0 Å². The molecule has 0 bridgehead atoms. The second-order valence-corrected chi connectivity index (χ2v) is 4.81. The molecule has 4 nitrogen and oxygen atoms in total. The summed E-state index contributed by atoms with van der Waals surface area (Å²) >= 11 is 0. The number of hydrogen-bond donors (Lipinski definition) is 1. The summed E-state index contributed by atoms with van der Waals surface area (Å²) in [4.78, 5) is 0. The van der Waals surface area contributed by atoms with E-state index in [-0.39, 0.29) is 0 Å². The second-order valence-electron chi connectivity index (χ2n) is 4.81. The predicted octanol–water partition coefficient (Wildman–Crippen LogP) is 2.75. The third kappa shape index (κ3) is 1.94. The van der Waals surface area contributed by atoms with Crippen molar-refractivity contribution in [1.82, 2.24) is 9.72 Å². The first kappa shape index (κ1) is 12.0. The zero-order valence-electron chi connectivity index (χ0n) is 11.2. The standard InChI is InChI=1S/C15H17N3O/c1-10-14(11(2)19-17-10)9-18-8-12(7-16)13-5-3-4-6-15(13)18/h3-6,8H,7,9,16H2,1-2H3. The van der Waals surface area contributed by atoms with Gasteiger partial charge < -0.3 is 14.8 Å². The number of rotatable bonds is 3. The van der Waals surface area contributed by atoms with E-state index >= 15 is 0 Å². The maximum absolute atomic E-state index is 5.82. The van der Waals surface area contributed by atoms with Crippen molar-refractivity contribution in [3.63, 3.8) is 0 Å². The Morgan fingerprint density at radius 3 is 2.74 bits per heavy atom. The molecule has 0 spiro atoms. The Bertz CT molecular complexity index is 705. The van der Waals surface area contributed by atoms with Crippen LogP contribution in [0.1, 0.15) is 22.6 Å². The zero-order chi connectivity index (χ0) is 13.4. The molecule has 0 saturated heterocycles. The highest BCUT2D eigenvalue weighted by molar-refractivity contribution is 5.84. The molecule has 1 aromatic carbocycles. The number of nitrogens with two attached hydrogens (primary N) is 1. The number of nitrogens with zero attached hydrogens (tertiary/aromatic N) is 2. The van der Waals surface area contributed by atoms with Crippen LogP contribution in [0.2, 0.25) is 0 Å². The number of aryl methyl sites for hydroxylation is 2. The summed E-state index contributed by atoms with van der Waals surface area (Å²) in [6, 6.07) is 8.32. The van der Waals surface area contributed by atoms with E-state index in [1.54, 1.807) is 0 Å². The minimum Gasteiger partial charge on any atom is -0.361 e. The van der Waals surface area contributed by atoms with Crippen molar-refractivity contribution in [2.24, 2.45) is 5.73 Å². The SMILES string of the molecule is Cc1noc(C)c1Cn1cc(CN)c2ccccc21. The van der Waals surface area contributed by atoms with E-state index in [9.17, 15) is 0 Å². The van der Waals surface area contributed by atoms with Crippen molar-refractivity contribution >= 4 is 10.9 Å². The van der Waals surface area contributed by atoms with Crippen molar-refractivity contribution in [2.75, 3.05) is 0 Å². The summed E-state index contributed by atoms with van der Waals surface area (Å²) in [5.41, 5.74) is 10.3. The highest BCUT2D eigenvalue weighted by Crippen LogP contribution is 2.23. The molecule has 0 saturated carbocycles. The van der Waals surface area contributed by atoms with Crippen molar-refractivity contribution in [3.05, 3.63) is 53.0 Å². The Morgan fingerprint density at radius 1 is 1.26 bits per heavy atom. The molecule has 98 valence electrons. The van der Waals surface area contributed by atoms with Gasteiger partial charge in [0.15, 0.2) is 0 Å². The van der Waals surface area contributed by atoms with Gasteiger partial charge in [-0.25, -0.2) is 0 Å². The Labute approximate surface area is 111 Å². The smallest absolute Gasteiger partial charge is 0.138 e. The number of fused-ring (bicyclic) bond motifs is 1. The Kier molecular flexibility index (Phi) is 2.87. The van der Waals surface area contributed by atoms with Crippen LogP contribution in [-0.4, -0.2) is 9.72 Å². The van der Waals surface area contributed by atoms with Crippen molar-refractivity contribution < 1.29 is 4.52 Å². The van der Waals surface area contributed by atoms with Crippen molar-refractivity contribution in [2.45, 2.75) is 26.9 Å². The van der Waals surface area contributed by atoms with Gasteiger partial charge in [0.1, 0.15) is 5.76 Å². The molecule has 3 aromatic rings. The molecule has 0 unspecified atom stereocenters. The average molecular weight is 255 g/mol. The molecule has 4 heteroatoms. The van der Waals surface area contributed by atoms with E-state index in [4.69, 9.17) is 10.3 Å². The van der Waals surface area contributed by atoms with Gasteiger partial charge in [0, 0.05) is 29.2 Å². The predicted molar refractivity (Wildman–Crippen MR) is 74.9 cm³/mol. The van der Waals surface area contributed by atoms with E-state index in [1.807, 2.05) is 26.0 Å². The van der Waals surface area contributed by atoms with E-state index < -0.39 is 0 Å². The molecule has 0 radical (unpaired) electrons. The fraction of sp³-hybridized carbons (Fsp3) is 0.267. The first-order valence-corrected chi connectivity index (χ1v) is 6.39. The van der Waals surface area contributed by atoms with Gasteiger partial charge in [-0.15, -0.1) is 0 Å². The van der Waals surface area contributed by atoms with Crippen LogP contribution in [-0.2, 0) is 13.1 Å². The molecular weight excluding hydrogens is 238 g/mol. The molecule has 2 heterocycles. The Balaban J connectivity index is 2.11. The number of benzene rings is 1. The van der Waals surface area contributed by atoms with Crippen LogP contribution in [0, 0.1) is 13.8 Å². The molecule has 2 N–H and O–H groups in total. The Morgan fingerprint density at radius 2 is 2.05 bits per heavy atom. The van der Waals surface area contributed by atoms with E-state index in [0.717, 1.165) is 23.6 Å². The fourth-order valence-electron chi connectivity index (χ4n) is 2.51. The lowest BCUT2D eigenvalue weighted by Gasteiger charge is -2.04. The summed E-state index contributed by atoms with van der Waals surface area (Å²) in [7, 11) is 0. The van der Waals surface area contributed by atoms with Gasteiger partial charge in [-0.1, -0.05) is 23.4 Å². The third-order valence-electron chi connectivity index (χ3n) is 3.60. The lowest BCUT2D eigenvalue weighted by atomic mass is 10.2. The Hall–Kier alpha value is -2.07. The second kappa shape index (κ2) is 4.55. The summed E-state index contributed by atoms with van der Waals surface area (Å²) in [6.07, 6.45) is 2.12. The first-order valence-electron chi connectivity index (χ1n) is 6.39. The molecule has 0 amide bonds. The molecule has 3 rings (SSSR count). The highest BCUT2D eigenvalue weighted by atomic mass is 16.5. The first-order chi connectivity index (χ1) is 9.20. The zero-order valence-corrected chi connectivity index (χ0v) is 11.2. The fourth-order valence-corrected chi connectivity index (χ4v) is 2.51. The molecule has 0 atom stereocenters. The van der Waals surface area contributed by atoms with Gasteiger partial charge in [0.05, 0.1) is 12.2 Å². The summed E-state index contributed by atoms with van der Waals surface area (Å²) in [5, 5.41) is 5.23. The van der Waals surface area contributed by atoms with Crippen LogP contribution in [0.5, 0.6) is 0 Å². The van der Waals surface area contributed by atoms with Crippen LogP contribution in [0.4, 0.5) is 0 Å². The van der Waals surface area contributed by atoms with E-state index in [2.05, 4.69) is 28.1 Å². The molecule has 2 aromatic heterocycles. The van der Waals surface area contributed by atoms with Crippen molar-refractivity contribution in [1.29, 1.82) is 0 Å². The van der Waals surface area contributed by atoms with E-state index in [0.29, 0.717) is 6.54 Å². The van der Waals surface area contributed by atoms with Gasteiger partial charge in [-0.3, -0.25) is 0 Å². The number of para-hydroxylation sites is 1. The monoisotopic (exact) mass is 255 g/mol. The minimum absolute atomic E-state index is 0.551. The summed E-state index contributed by atoms with van der Waals surface area (Å²) < 4.78 is 7.44. The number of hydrogen-bond acceptors (Lipinski definition) is 3. The molecule has 0 aliphatic rings. The van der Waals surface area contributed by atoms with Gasteiger partial charge in [0.2, 0.25) is 0 Å². The molecular formula is C15H17N3O. The van der Waals surface area contributed by atoms with Crippen LogP contribution < -0.4 is 5.73 Å². The van der Waals surface area contributed by atoms with Crippen LogP contribution in [0.15, 0.2) is 35.0 Å². The maximum Gasteiger partial charge on any atom is 0.138 e. The van der Waals surface area contributed by atoms with Crippen LogP contribution in [0.25, 0.3) is 10.9 Å². The van der Waals surface area contributed by atoms with E-state index in [1.165, 1.54) is 16.5 Å². The molecule has 19 heavy (non-hydrogen) atoms. The average Bonchev–Trinajstić information content (AvgIpc) is 2.94. The van der Waals surface area contributed by atoms with Gasteiger partial charge in [0.25, 0.3) is 0 Å². The normalized spacial score (nSPS) is 11.3. The minimum atomic E-state index is 0.551. The van der Waals surface area contributed by atoms with Crippen molar-refractivity contribution in [3.8, 4) is 0 Å². The van der Waals surface area contributed by atoms with Gasteiger partial charge in [-0.2, -0.15) is 0 Å². The van der Waals surface area contributed by atoms with Gasteiger partial charge >= 0.3 is 0 Å². The molecule has 0 aliphatic carbocycles. The lowest BCUT2D eigenvalue weighted by molar-refractivity contribution is 0.392. The summed E-state index contributed by atoms with van der Waals surface area (Å²) in [6.45, 7) is 5.24. The number of aromatic nitrogens is 2. The quantitative estimate of drug-likeness (QED) is 0.783.